The van der Waals surface area contributed by atoms with Crippen LogP contribution in [-0.2, 0) is 13.1 Å². The smallest absolute Gasteiger partial charge is 0.0397 e. The van der Waals surface area contributed by atoms with Crippen molar-refractivity contribution >= 4 is 0 Å². The number of nitrogens with zero attached hydrogens (tertiary/aromatic N) is 2. The van der Waals surface area contributed by atoms with Crippen molar-refractivity contribution in [3.05, 3.63) is 84.1 Å². The van der Waals surface area contributed by atoms with Crippen LogP contribution in [0.15, 0.2) is 72.9 Å². The van der Waals surface area contributed by atoms with Gasteiger partial charge >= 0.3 is 0 Å². The molecule has 2 aromatic carbocycles. The molecule has 0 aliphatic carbocycles. The van der Waals surface area contributed by atoms with Crippen LogP contribution in [0.2, 0.25) is 0 Å². The number of likely N-dealkylation sites (tertiary alicyclic amines) is 1. The van der Waals surface area contributed by atoms with Crippen LogP contribution in [0.4, 0.5) is 0 Å². The Labute approximate surface area is 171 Å². The Balaban J connectivity index is 1.37. The molecule has 0 bridgehead atoms. The first-order chi connectivity index (χ1) is 13.7. The van der Waals surface area contributed by atoms with Gasteiger partial charge in [-0.05, 0) is 56.4 Å². The molecule has 3 heteroatoms. The Kier molecular flexibility index (Phi) is 8.13. The highest BCUT2D eigenvalue weighted by molar-refractivity contribution is 5.16. The minimum absolute atomic E-state index is 0.593. The second-order valence-corrected chi connectivity index (χ2v) is 8.06. The highest BCUT2D eigenvalue weighted by Gasteiger charge is 2.19. The van der Waals surface area contributed by atoms with E-state index in [4.69, 9.17) is 0 Å². The summed E-state index contributed by atoms with van der Waals surface area (Å²) < 4.78 is 0. The van der Waals surface area contributed by atoms with Gasteiger partial charge in [-0.3, -0.25) is 0 Å². The van der Waals surface area contributed by atoms with Gasteiger partial charge in [-0.25, -0.2) is 0 Å². The third-order valence-corrected chi connectivity index (χ3v) is 5.77. The third kappa shape index (κ3) is 6.81. The minimum atomic E-state index is 0.593. The summed E-state index contributed by atoms with van der Waals surface area (Å²) in [7, 11) is 2.23. The van der Waals surface area contributed by atoms with Crippen LogP contribution in [-0.4, -0.2) is 43.0 Å². The molecule has 1 atom stereocenters. The summed E-state index contributed by atoms with van der Waals surface area (Å²) in [5.41, 5.74) is 3.92. The second kappa shape index (κ2) is 11.0. The first-order valence-electron chi connectivity index (χ1n) is 10.6. The highest BCUT2D eigenvalue weighted by atomic mass is 15.2. The molecule has 1 fully saturated rings. The van der Waals surface area contributed by atoms with E-state index in [0.29, 0.717) is 5.92 Å². The molecule has 1 unspecified atom stereocenters. The average Bonchev–Trinajstić information content (AvgIpc) is 2.98. The molecule has 0 radical (unpaired) electrons. The van der Waals surface area contributed by atoms with E-state index in [0.717, 1.165) is 26.2 Å². The number of allylic oxidation sites excluding steroid dienone is 1. The van der Waals surface area contributed by atoms with Crippen molar-refractivity contribution in [2.75, 3.05) is 33.2 Å². The first-order valence-corrected chi connectivity index (χ1v) is 10.6. The molecule has 2 aromatic rings. The maximum atomic E-state index is 4.34. The van der Waals surface area contributed by atoms with Crippen LogP contribution in [0.5, 0.6) is 0 Å². The zero-order valence-corrected chi connectivity index (χ0v) is 17.3. The quantitative estimate of drug-likeness (QED) is 0.693. The summed E-state index contributed by atoms with van der Waals surface area (Å²) in [6.45, 7) is 10.9. The minimum Gasteiger partial charge on any atom is -0.385 e. The van der Waals surface area contributed by atoms with Crippen molar-refractivity contribution in [2.45, 2.75) is 32.4 Å². The van der Waals surface area contributed by atoms with E-state index in [2.05, 4.69) is 89.4 Å². The summed E-state index contributed by atoms with van der Waals surface area (Å²) >= 11 is 0. The largest absolute Gasteiger partial charge is 0.385 e. The Morgan fingerprint density at radius 1 is 1.00 bits per heavy atom. The lowest BCUT2D eigenvalue weighted by Crippen LogP contribution is -2.34. The highest BCUT2D eigenvalue weighted by Crippen LogP contribution is 2.22. The van der Waals surface area contributed by atoms with Gasteiger partial charge in [0.2, 0.25) is 0 Å². The van der Waals surface area contributed by atoms with Crippen LogP contribution in [0.25, 0.3) is 0 Å². The van der Waals surface area contributed by atoms with E-state index in [1.165, 1.54) is 49.2 Å². The zero-order chi connectivity index (χ0) is 19.6. The van der Waals surface area contributed by atoms with Gasteiger partial charge in [0.1, 0.15) is 0 Å². The first kappa shape index (κ1) is 20.6. The Morgan fingerprint density at radius 2 is 1.68 bits per heavy atom. The monoisotopic (exact) mass is 377 g/mol. The van der Waals surface area contributed by atoms with E-state index in [1.54, 1.807) is 0 Å². The normalized spacial score (nSPS) is 18.0. The molecule has 150 valence electrons. The summed E-state index contributed by atoms with van der Waals surface area (Å²) in [5.74, 6) is 0.593. The second-order valence-electron chi connectivity index (χ2n) is 8.06. The third-order valence-electron chi connectivity index (χ3n) is 5.77. The summed E-state index contributed by atoms with van der Waals surface area (Å²) in [6, 6.07) is 21.3. The van der Waals surface area contributed by atoms with Gasteiger partial charge < -0.3 is 15.1 Å². The van der Waals surface area contributed by atoms with Crippen molar-refractivity contribution in [3.63, 3.8) is 0 Å². The molecule has 3 nitrogen and oxygen atoms in total. The molecular formula is C25H35N3. The predicted octanol–water partition coefficient (Wildman–Crippen LogP) is 4.52. The van der Waals surface area contributed by atoms with E-state index < -0.39 is 0 Å². The predicted molar refractivity (Wildman–Crippen MR) is 119 cm³/mol. The molecular weight excluding hydrogens is 342 g/mol. The zero-order valence-electron chi connectivity index (χ0n) is 17.3. The molecule has 1 aliphatic heterocycles. The number of hydrogen-bond acceptors (Lipinski definition) is 3. The Hall–Kier alpha value is -2.10. The van der Waals surface area contributed by atoms with Crippen molar-refractivity contribution in [1.82, 2.24) is 15.1 Å². The topological polar surface area (TPSA) is 18.5 Å². The van der Waals surface area contributed by atoms with Crippen LogP contribution in [0.1, 0.15) is 30.4 Å². The standard InChI is InChI=1S/C25H35N3/c1-22(26-20-23-10-5-3-6-11-23)25-14-9-16-28(17-15-25)19-18-27(2)21-24-12-7-4-8-13-24/h3-8,10-13,25-26H,1,9,14-21H2,2H3. The van der Waals surface area contributed by atoms with Crippen LogP contribution < -0.4 is 5.32 Å². The lowest BCUT2D eigenvalue weighted by atomic mass is 9.97. The fourth-order valence-electron chi connectivity index (χ4n) is 3.97. The number of benzene rings is 2. The molecule has 28 heavy (non-hydrogen) atoms. The van der Waals surface area contributed by atoms with Crippen molar-refractivity contribution in [3.8, 4) is 0 Å². The lowest BCUT2D eigenvalue weighted by Gasteiger charge is -2.24. The number of rotatable bonds is 9. The van der Waals surface area contributed by atoms with Crippen molar-refractivity contribution in [1.29, 1.82) is 0 Å². The maximum absolute atomic E-state index is 4.34. The molecule has 0 saturated carbocycles. The van der Waals surface area contributed by atoms with Gasteiger partial charge in [-0.1, -0.05) is 67.2 Å². The molecule has 3 rings (SSSR count). The van der Waals surface area contributed by atoms with E-state index in [-0.39, 0.29) is 0 Å². The Morgan fingerprint density at radius 3 is 2.39 bits per heavy atom. The average molecular weight is 378 g/mol. The van der Waals surface area contributed by atoms with Gasteiger partial charge in [-0.15, -0.1) is 0 Å². The van der Waals surface area contributed by atoms with Gasteiger partial charge in [0.15, 0.2) is 0 Å². The molecule has 1 N–H and O–H groups in total. The van der Waals surface area contributed by atoms with E-state index in [9.17, 15) is 0 Å². The van der Waals surface area contributed by atoms with Gasteiger partial charge in [0, 0.05) is 31.9 Å². The number of likely N-dealkylation sites (N-methyl/N-ethyl adjacent to an activating group) is 1. The molecule has 1 aliphatic rings. The molecule has 0 spiro atoms. The van der Waals surface area contributed by atoms with Gasteiger partial charge in [0.25, 0.3) is 0 Å². The summed E-state index contributed by atoms with van der Waals surface area (Å²) in [4.78, 5) is 5.06. The number of hydrogen-bond donors (Lipinski definition) is 1. The number of nitrogens with one attached hydrogen (secondary N) is 1. The van der Waals surface area contributed by atoms with Crippen molar-refractivity contribution < 1.29 is 0 Å². The van der Waals surface area contributed by atoms with Gasteiger partial charge in [0.05, 0.1) is 0 Å². The lowest BCUT2D eigenvalue weighted by molar-refractivity contribution is 0.226. The molecule has 1 saturated heterocycles. The maximum Gasteiger partial charge on any atom is 0.0397 e. The van der Waals surface area contributed by atoms with E-state index in [1.807, 2.05) is 0 Å². The fraction of sp³-hybridized carbons (Fsp3) is 0.440. The summed E-state index contributed by atoms with van der Waals surface area (Å²) in [6.07, 6.45) is 3.72. The summed E-state index contributed by atoms with van der Waals surface area (Å²) in [5, 5.41) is 3.57. The van der Waals surface area contributed by atoms with Crippen molar-refractivity contribution in [2.24, 2.45) is 5.92 Å². The molecule has 0 amide bonds. The van der Waals surface area contributed by atoms with Crippen LogP contribution in [0, 0.1) is 5.92 Å². The van der Waals surface area contributed by atoms with Crippen LogP contribution in [0.3, 0.4) is 0 Å². The molecule has 1 heterocycles. The molecule has 0 aromatic heterocycles. The van der Waals surface area contributed by atoms with Gasteiger partial charge in [-0.2, -0.15) is 0 Å². The Bertz CT molecular complexity index is 698. The van der Waals surface area contributed by atoms with Crippen LogP contribution >= 0.6 is 0 Å². The van der Waals surface area contributed by atoms with E-state index >= 15 is 0 Å². The SMILES string of the molecule is C=C(NCc1ccccc1)C1CCCN(CCN(C)Cc2ccccc2)CC1. The fourth-order valence-corrected chi connectivity index (χ4v) is 3.97.